The maximum absolute atomic E-state index is 13.3. The van der Waals surface area contributed by atoms with Crippen molar-refractivity contribution in [3.8, 4) is 0 Å². The molecule has 0 aliphatic heterocycles. The molecule has 0 saturated heterocycles. The van der Waals surface area contributed by atoms with E-state index >= 15 is 0 Å². The van der Waals surface area contributed by atoms with E-state index in [9.17, 15) is 27.3 Å². The molecule has 1 heterocycles. The molecule has 1 aromatic heterocycles. The van der Waals surface area contributed by atoms with Crippen molar-refractivity contribution < 1.29 is 27.4 Å². The highest BCUT2D eigenvalue weighted by Crippen LogP contribution is 2.32. The molecule has 0 aromatic carbocycles. The van der Waals surface area contributed by atoms with Crippen LogP contribution in [-0.2, 0) is 22.3 Å². The normalized spacial score (nSPS) is 13.3. The van der Waals surface area contributed by atoms with E-state index in [1.54, 1.807) is 27.9 Å². The molecule has 1 rings (SSSR count). The number of pyridine rings is 1. The van der Waals surface area contributed by atoms with E-state index < -0.39 is 29.3 Å². The van der Waals surface area contributed by atoms with Crippen LogP contribution in [0.2, 0.25) is 0 Å². The Morgan fingerprint density at radius 3 is 2.38 bits per heavy atom. The molecule has 0 fully saturated rings. The quantitative estimate of drug-likeness (QED) is 0.649. The lowest BCUT2D eigenvalue weighted by atomic mass is 10.0. The van der Waals surface area contributed by atoms with E-state index in [0.717, 1.165) is 10.8 Å². The SMILES string of the molecule is CC(C)CC(C(=O)OF)n1cc(CCCN(C)C)c(C(F)(F)F)cc1=O. The van der Waals surface area contributed by atoms with Crippen LogP contribution < -0.4 is 5.56 Å². The van der Waals surface area contributed by atoms with Crippen molar-refractivity contribution in [1.29, 1.82) is 0 Å². The molecule has 0 aliphatic rings. The largest absolute Gasteiger partial charge is 0.416 e. The van der Waals surface area contributed by atoms with E-state index in [0.29, 0.717) is 19.0 Å². The molecule has 1 aromatic rings. The molecule has 0 bridgehead atoms. The Kier molecular flexibility index (Phi) is 7.80. The van der Waals surface area contributed by atoms with Crippen LogP contribution in [0.15, 0.2) is 17.1 Å². The number of hydrogen-bond acceptors (Lipinski definition) is 4. The van der Waals surface area contributed by atoms with Crippen molar-refractivity contribution in [1.82, 2.24) is 9.47 Å². The van der Waals surface area contributed by atoms with E-state index in [-0.39, 0.29) is 24.3 Å². The molecule has 9 heteroatoms. The second-order valence-corrected chi connectivity index (χ2v) is 6.90. The molecular weight excluding hydrogens is 356 g/mol. The molecular formula is C17H24F4N2O3. The summed E-state index contributed by atoms with van der Waals surface area (Å²) in [5.74, 6) is -1.41. The molecule has 0 N–H and O–H groups in total. The summed E-state index contributed by atoms with van der Waals surface area (Å²) in [5.41, 5.74) is -2.17. The molecule has 0 amide bonds. The van der Waals surface area contributed by atoms with Crippen LogP contribution in [0.3, 0.4) is 0 Å². The van der Waals surface area contributed by atoms with Gasteiger partial charge in [0.1, 0.15) is 6.04 Å². The second kappa shape index (κ2) is 9.16. The van der Waals surface area contributed by atoms with Gasteiger partial charge in [0.15, 0.2) is 0 Å². The lowest BCUT2D eigenvalue weighted by Gasteiger charge is -2.21. The monoisotopic (exact) mass is 380 g/mol. The number of alkyl halides is 3. The van der Waals surface area contributed by atoms with Gasteiger partial charge in [-0.2, -0.15) is 13.2 Å². The fraction of sp³-hybridized carbons (Fsp3) is 0.647. The number of aryl methyl sites for hydroxylation is 1. The topological polar surface area (TPSA) is 51.5 Å². The van der Waals surface area contributed by atoms with Crippen LogP contribution in [0.1, 0.15) is 43.9 Å². The van der Waals surface area contributed by atoms with E-state index in [1.165, 1.54) is 0 Å². The third-order valence-electron chi connectivity index (χ3n) is 3.90. The van der Waals surface area contributed by atoms with Crippen LogP contribution in [0.4, 0.5) is 17.7 Å². The predicted octanol–water partition coefficient (Wildman–Crippen LogP) is 3.38. The summed E-state index contributed by atoms with van der Waals surface area (Å²) in [7, 11) is 3.59. The first-order valence-corrected chi connectivity index (χ1v) is 8.26. The first-order valence-electron chi connectivity index (χ1n) is 8.26. The van der Waals surface area contributed by atoms with Crippen molar-refractivity contribution in [3.05, 3.63) is 33.7 Å². The highest BCUT2D eigenvalue weighted by molar-refractivity contribution is 5.73. The summed E-state index contributed by atoms with van der Waals surface area (Å²) in [6.45, 7) is 4.04. The van der Waals surface area contributed by atoms with Crippen LogP contribution in [-0.4, -0.2) is 36.1 Å². The third-order valence-corrected chi connectivity index (χ3v) is 3.90. The van der Waals surface area contributed by atoms with E-state index in [1.807, 2.05) is 4.90 Å². The second-order valence-electron chi connectivity index (χ2n) is 6.90. The summed E-state index contributed by atoms with van der Waals surface area (Å²) in [6.07, 6.45) is -3.14. The van der Waals surface area contributed by atoms with Gasteiger partial charge < -0.3 is 9.47 Å². The highest BCUT2D eigenvalue weighted by Gasteiger charge is 2.35. The lowest BCUT2D eigenvalue weighted by Crippen LogP contribution is -2.32. The van der Waals surface area contributed by atoms with Gasteiger partial charge in [0.25, 0.3) is 5.56 Å². The number of halogens is 4. The molecule has 1 atom stereocenters. The Labute approximate surface area is 149 Å². The Bertz CT molecular complexity index is 669. The Morgan fingerprint density at radius 2 is 1.92 bits per heavy atom. The molecule has 0 radical (unpaired) electrons. The average Bonchev–Trinajstić information content (AvgIpc) is 2.51. The van der Waals surface area contributed by atoms with Crippen molar-refractivity contribution in [2.24, 2.45) is 5.92 Å². The number of aromatic nitrogens is 1. The fourth-order valence-electron chi connectivity index (χ4n) is 2.71. The fourth-order valence-corrected chi connectivity index (χ4v) is 2.71. The minimum atomic E-state index is -4.69. The van der Waals surface area contributed by atoms with Gasteiger partial charge >= 0.3 is 12.1 Å². The zero-order valence-electron chi connectivity index (χ0n) is 15.3. The molecule has 148 valence electrons. The van der Waals surface area contributed by atoms with Crippen LogP contribution in [0, 0.1) is 5.92 Å². The van der Waals surface area contributed by atoms with E-state index in [4.69, 9.17) is 0 Å². The van der Waals surface area contributed by atoms with Gasteiger partial charge in [0.05, 0.1) is 5.56 Å². The van der Waals surface area contributed by atoms with Gasteiger partial charge in [-0.3, -0.25) is 9.74 Å². The standard InChI is InChI=1S/C17H24F4N2O3/c1-11(2)8-14(16(25)26-21)23-10-12(6-5-7-22(3)4)13(9-15(23)24)17(18,19)20/h9-11,14H,5-8H2,1-4H3. The van der Waals surface area contributed by atoms with Gasteiger partial charge in [-0.05, 0) is 51.4 Å². The van der Waals surface area contributed by atoms with Gasteiger partial charge in [-0.25, -0.2) is 4.79 Å². The van der Waals surface area contributed by atoms with Crippen molar-refractivity contribution in [3.63, 3.8) is 0 Å². The van der Waals surface area contributed by atoms with Gasteiger partial charge in [-0.1, -0.05) is 13.8 Å². The molecule has 26 heavy (non-hydrogen) atoms. The smallest absolute Gasteiger partial charge is 0.309 e. The highest BCUT2D eigenvalue weighted by atomic mass is 19.4. The Hall–Kier alpha value is -1.90. The lowest BCUT2D eigenvalue weighted by molar-refractivity contribution is -0.188. The summed E-state index contributed by atoms with van der Waals surface area (Å²) in [4.78, 5) is 29.0. The van der Waals surface area contributed by atoms with Gasteiger partial charge in [-0.15, -0.1) is 0 Å². The van der Waals surface area contributed by atoms with Gasteiger partial charge in [0.2, 0.25) is 0 Å². The zero-order chi connectivity index (χ0) is 20.1. The molecule has 0 spiro atoms. The molecule has 1 unspecified atom stereocenters. The number of carbonyl (C=O) groups excluding carboxylic acids is 1. The van der Waals surface area contributed by atoms with Gasteiger partial charge in [0, 0.05) is 16.8 Å². The van der Waals surface area contributed by atoms with Crippen molar-refractivity contribution in [2.45, 2.75) is 45.3 Å². The number of rotatable bonds is 8. The summed E-state index contributed by atoms with van der Waals surface area (Å²) in [5, 5.41) is 0. The van der Waals surface area contributed by atoms with Crippen LogP contribution >= 0.6 is 0 Å². The van der Waals surface area contributed by atoms with Crippen LogP contribution in [0.5, 0.6) is 0 Å². The summed E-state index contributed by atoms with van der Waals surface area (Å²) >= 11 is 0. The summed E-state index contributed by atoms with van der Waals surface area (Å²) < 4.78 is 53.1. The third kappa shape index (κ3) is 6.12. The minimum Gasteiger partial charge on any atom is -0.309 e. The minimum absolute atomic E-state index is 0.0607. The number of nitrogens with zero attached hydrogens (tertiary/aromatic N) is 2. The maximum Gasteiger partial charge on any atom is 0.416 e. The maximum atomic E-state index is 13.3. The van der Waals surface area contributed by atoms with Crippen LogP contribution in [0.25, 0.3) is 0 Å². The Balaban J connectivity index is 3.39. The zero-order valence-corrected chi connectivity index (χ0v) is 15.3. The first-order chi connectivity index (χ1) is 12.0. The molecule has 0 aliphatic carbocycles. The van der Waals surface area contributed by atoms with E-state index in [2.05, 4.69) is 4.94 Å². The van der Waals surface area contributed by atoms with Crippen molar-refractivity contribution >= 4 is 5.97 Å². The Morgan fingerprint density at radius 1 is 1.31 bits per heavy atom. The predicted molar refractivity (Wildman–Crippen MR) is 88.3 cm³/mol. The van der Waals surface area contributed by atoms with Crippen molar-refractivity contribution in [2.75, 3.05) is 20.6 Å². The number of carbonyl (C=O) groups is 1. The molecule has 5 nitrogen and oxygen atoms in total. The number of hydrogen-bond donors (Lipinski definition) is 0. The molecule has 0 saturated carbocycles. The summed E-state index contributed by atoms with van der Waals surface area (Å²) in [6, 6.07) is -0.855. The average molecular weight is 380 g/mol. The first kappa shape index (κ1) is 22.1.